The summed E-state index contributed by atoms with van der Waals surface area (Å²) >= 11 is 0. The van der Waals surface area contributed by atoms with Crippen LogP contribution in [0.5, 0.6) is 5.75 Å². The molecule has 2 aromatic heterocycles. The predicted octanol–water partition coefficient (Wildman–Crippen LogP) is 7.32. The smallest absolute Gasteiger partial charge is 0.317 e. The second kappa shape index (κ2) is 6.97. The molecule has 0 spiro atoms. The summed E-state index contributed by atoms with van der Waals surface area (Å²) in [6.07, 6.45) is 0. The first kappa shape index (κ1) is 17.8. The van der Waals surface area contributed by atoms with Gasteiger partial charge in [-0.1, -0.05) is 24.3 Å². The van der Waals surface area contributed by atoms with Crippen LogP contribution in [0.1, 0.15) is 5.76 Å². The minimum atomic E-state index is -1.63. The molecule has 2 nitrogen and oxygen atoms in total. The van der Waals surface area contributed by atoms with Gasteiger partial charge in [-0.3, -0.25) is 0 Å². The van der Waals surface area contributed by atoms with Crippen LogP contribution >= 0.6 is 10.5 Å². The van der Waals surface area contributed by atoms with Crippen LogP contribution in [0.3, 0.4) is 0 Å². The van der Waals surface area contributed by atoms with Crippen LogP contribution in [0.25, 0.3) is 25.1 Å². The molecule has 2 heterocycles. The average Bonchev–Trinajstić information content (AvgIpc) is 3.22. The molecular weight excluding hydrogens is 397 g/mol. The molecule has 0 atom stereocenters. The number of fused-ring (bicyclic) bond motifs is 3. The van der Waals surface area contributed by atoms with Gasteiger partial charge >= 0.3 is 6.01 Å². The summed E-state index contributed by atoms with van der Waals surface area (Å²) < 4.78 is 51.9. The molecule has 144 valence electrons. The topological polar surface area (TPSA) is 22.4 Å². The number of benzene rings is 3. The molecule has 0 saturated carbocycles. The van der Waals surface area contributed by atoms with Crippen LogP contribution in [0, 0.1) is 17.6 Å². The van der Waals surface area contributed by atoms with Crippen molar-refractivity contribution in [3.63, 3.8) is 0 Å². The molecule has 0 amide bonds. The maximum absolute atomic E-state index is 13.5. The standard InChI is InChI=1S/C23H14F3O2S/c24-21-18(28-23(26)22(21)25)13-27-14-9-11-15(12-10-14)29-19-7-3-1-5-16(19)17-6-2-4-8-20(17)29/h1-12H,13H2/q+1. The van der Waals surface area contributed by atoms with Crippen molar-refractivity contribution < 1.29 is 22.3 Å². The summed E-state index contributed by atoms with van der Waals surface area (Å²) in [5, 5.41) is 2.48. The Morgan fingerprint density at radius 1 is 0.724 bits per heavy atom. The highest BCUT2D eigenvalue weighted by atomic mass is 32.2. The minimum absolute atomic E-state index is 0.225. The lowest BCUT2D eigenvalue weighted by molar-refractivity contribution is 0.235. The van der Waals surface area contributed by atoms with Crippen molar-refractivity contribution in [2.45, 2.75) is 6.61 Å². The Balaban J connectivity index is 1.48. The van der Waals surface area contributed by atoms with E-state index in [1.165, 1.54) is 20.2 Å². The number of hydrogen-bond acceptors (Lipinski definition) is 2. The van der Waals surface area contributed by atoms with Gasteiger partial charge in [0.2, 0.25) is 11.6 Å². The maximum atomic E-state index is 13.5. The lowest BCUT2D eigenvalue weighted by atomic mass is 10.2. The first-order valence-corrected chi connectivity index (χ1v) is 10.1. The molecule has 6 heteroatoms. The summed E-state index contributed by atoms with van der Waals surface area (Å²) in [6, 6.07) is 22.6. The molecule has 29 heavy (non-hydrogen) atoms. The molecule has 5 aromatic rings. The lowest BCUT2D eigenvalue weighted by Gasteiger charge is -2.03. The molecule has 0 aliphatic rings. The lowest BCUT2D eigenvalue weighted by Crippen LogP contribution is -1.96. The van der Waals surface area contributed by atoms with Crippen molar-refractivity contribution in [2.75, 3.05) is 0 Å². The van der Waals surface area contributed by atoms with Crippen molar-refractivity contribution in [3.8, 4) is 10.6 Å². The number of halogens is 3. The normalized spacial score (nSPS) is 11.4. The molecule has 0 aliphatic carbocycles. The molecule has 0 aliphatic heterocycles. The third kappa shape index (κ3) is 2.96. The minimum Gasteiger partial charge on any atom is -0.486 e. The van der Waals surface area contributed by atoms with Gasteiger partial charge in [-0.2, -0.15) is 13.2 Å². The van der Waals surface area contributed by atoms with Crippen molar-refractivity contribution >= 4 is 30.6 Å². The van der Waals surface area contributed by atoms with Crippen molar-refractivity contribution in [2.24, 2.45) is 0 Å². The number of furan rings is 1. The SMILES string of the molecule is Fc1oc(COc2ccc(-[s+]3c4ccccc4c4ccccc43)cc2)c(F)c1F. The predicted molar refractivity (Wildman–Crippen MR) is 108 cm³/mol. The van der Waals surface area contributed by atoms with Crippen molar-refractivity contribution in [3.05, 3.63) is 96.2 Å². The van der Waals surface area contributed by atoms with E-state index in [4.69, 9.17) is 4.74 Å². The van der Waals surface area contributed by atoms with Gasteiger partial charge in [0.05, 0.1) is 0 Å². The average molecular weight is 411 g/mol. The first-order valence-electron chi connectivity index (χ1n) is 8.91. The summed E-state index contributed by atoms with van der Waals surface area (Å²) in [5.41, 5.74) is 0. The summed E-state index contributed by atoms with van der Waals surface area (Å²) in [5.74, 6) is -3.04. The van der Waals surface area contributed by atoms with Gasteiger partial charge in [0.25, 0.3) is 0 Å². The largest absolute Gasteiger partial charge is 0.486 e. The third-order valence-electron chi connectivity index (χ3n) is 4.76. The maximum Gasteiger partial charge on any atom is 0.317 e. The zero-order chi connectivity index (χ0) is 20.0. The fraction of sp³-hybridized carbons (Fsp3) is 0.0435. The fourth-order valence-corrected chi connectivity index (χ4v) is 5.80. The van der Waals surface area contributed by atoms with Gasteiger partial charge in [0, 0.05) is 33.4 Å². The van der Waals surface area contributed by atoms with Crippen LogP contribution in [0.2, 0.25) is 0 Å². The van der Waals surface area contributed by atoms with E-state index in [-0.39, 0.29) is 10.5 Å². The third-order valence-corrected chi connectivity index (χ3v) is 7.09. The number of ether oxygens (including phenoxy) is 1. The van der Waals surface area contributed by atoms with E-state index in [1.807, 2.05) is 36.4 Å². The van der Waals surface area contributed by atoms with E-state index < -0.39 is 30.0 Å². The van der Waals surface area contributed by atoms with Crippen molar-refractivity contribution in [1.29, 1.82) is 0 Å². The van der Waals surface area contributed by atoms with Crippen LogP contribution in [0.4, 0.5) is 13.2 Å². The van der Waals surface area contributed by atoms with Gasteiger partial charge in [0.1, 0.15) is 12.4 Å². The molecule has 0 unspecified atom stereocenters. The Morgan fingerprint density at radius 2 is 1.31 bits per heavy atom. The van der Waals surface area contributed by atoms with E-state index in [0.29, 0.717) is 5.75 Å². The molecule has 0 radical (unpaired) electrons. The monoisotopic (exact) mass is 411 g/mol. The molecule has 3 aromatic carbocycles. The Hall–Kier alpha value is -3.25. The van der Waals surface area contributed by atoms with E-state index in [2.05, 4.69) is 28.7 Å². The van der Waals surface area contributed by atoms with Gasteiger partial charge in [-0.15, -0.1) is 0 Å². The van der Waals surface area contributed by atoms with Gasteiger partial charge in [0.15, 0.2) is 20.1 Å². The van der Waals surface area contributed by atoms with Crippen LogP contribution in [-0.2, 0) is 6.61 Å². The number of hydrogen-bond donors (Lipinski definition) is 0. The number of rotatable bonds is 4. The molecule has 0 fully saturated rings. The summed E-state index contributed by atoms with van der Waals surface area (Å²) in [7, 11) is -0.225. The van der Waals surface area contributed by atoms with E-state index >= 15 is 0 Å². The summed E-state index contributed by atoms with van der Waals surface area (Å²) in [6.45, 7) is -0.399. The molecule has 0 saturated heterocycles. The molecule has 5 rings (SSSR count). The Bertz CT molecular complexity index is 1280. The van der Waals surface area contributed by atoms with Crippen LogP contribution in [-0.4, -0.2) is 0 Å². The van der Waals surface area contributed by atoms with Crippen molar-refractivity contribution in [1.82, 2.24) is 0 Å². The Kier molecular flexibility index (Phi) is 4.28. The Morgan fingerprint density at radius 3 is 1.86 bits per heavy atom. The van der Waals surface area contributed by atoms with E-state index in [1.54, 1.807) is 12.1 Å². The molecular formula is C23H14F3O2S+. The zero-order valence-electron chi connectivity index (χ0n) is 15.0. The molecule has 0 N–H and O–H groups in total. The first-order chi connectivity index (χ1) is 14.1. The van der Waals surface area contributed by atoms with E-state index in [9.17, 15) is 13.2 Å². The molecule has 0 bridgehead atoms. The zero-order valence-corrected chi connectivity index (χ0v) is 15.8. The second-order valence-corrected chi connectivity index (χ2v) is 8.45. The summed E-state index contributed by atoms with van der Waals surface area (Å²) in [4.78, 5) is 1.12. The van der Waals surface area contributed by atoms with Crippen LogP contribution in [0.15, 0.2) is 77.2 Å². The number of thiophene rings is 1. The van der Waals surface area contributed by atoms with Gasteiger partial charge < -0.3 is 9.15 Å². The Labute approximate surface area is 166 Å². The fourth-order valence-electron chi connectivity index (χ4n) is 3.43. The van der Waals surface area contributed by atoms with E-state index in [0.717, 1.165) is 4.90 Å². The highest BCUT2D eigenvalue weighted by molar-refractivity contribution is 7.50. The second-order valence-electron chi connectivity index (χ2n) is 6.49. The van der Waals surface area contributed by atoms with Crippen LogP contribution < -0.4 is 4.74 Å². The highest BCUT2D eigenvalue weighted by Crippen LogP contribution is 2.48. The van der Waals surface area contributed by atoms with Gasteiger partial charge in [-0.05, 0) is 36.4 Å². The highest BCUT2D eigenvalue weighted by Gasteiger charge is 2.23. The van der Waals surface area contributed by atoms with Gasteiger partial charge in [-0.25, -0.2) is 0 Å². The quantitative estimate of drug-likeness (QED) is 0.289.